The maximum Gasteiger partial charge on any atom is 0.245 e. The minimum Gasteiger partial charge on any atom is -0.344 e. The highest BCUT2D eigenvalue weighted by molar-refractivity contribution is 5.88. The summed E-state index contributed by atoms with van der Waals surface area (Å²) in [6.07, 6.45) is 4.26. The second kappa shape index (κ2) is 9.36. The Morgan fingerprint density at radius 2 is 1.93 bits per heavy atom. The summed E-state index contributed by atoms with van der Waals surface area (Å²) in [6, 6.07) is 10.3. The third kappa shape index (κ3) is 5.10. The van der Waals surface area contributed by atoms with Crippen molar-refractivity contribution in [2.75, 3.05) is 33.2 Å². The number of likely N-dealkylation sites (N-methyl/N-ethyl adjacent to an activating group) is 1. The maximum absolute atomic E-state index is 12.9. The first-order valence-electron chi connectivity index (χ1n) is 10.4. The number of hydrogen-bond donors (Lipinski definition) is 0. The Labute approximate surface area is 163 Å². The Bertz CT molecular complexity index is 634. The molecule has 3 rings (SSSR count). The maximum atomic E-state index is 12.9. The van der Waals surface area contributed by atoms with Gasteiger partial charge in [0.15, 0.2) is 0 Å². The van der Waals surface area contributed by atoms with Gasteiger partial charge >= 0.3 is 0 Å². The first kappa shape index (κ1) is 19.9. The van der Waals surface area contributed by atoms with Crippen molar-refractivity contribution >= 4 is 11.8 Å². The van der Waals surface area contributed by atoms with Gasteiger partial charge in [-0.25, -0.2) is 0 Å². The summed E-state index contributed by atoms with van der Waals surface area (Å²) in [5, 5.41) is 0. The van der Waals surface area contributed by atoms with E-state index < -0.39 is 0 Å². The van der Waals surface area contributed by atoms with Crippen LogP contribution in [0.3, 0.4) is 0 Å². The fourth-order valence-corrected chi connectivity index (χ4v) is 4.46. The fourth-order valence-electron chi connectivity index (χ4n) is 4.46. The number of hydrogen-bond acceptors (Lipinski definition) is 3. The number of rotatable bonds is 7. The van der Waals surface area contributed by atoms with Crippen molar-refractivity contribution in [1.29, 1.82) is 0 Å². The number of carbonyl (C=O) groups excluding carboxylic acids is 2. The van der Waals surface area contributed by atoms with Crippen LogP contribution < -0.4 is 0 Å². The normalized spacial score (nSPS) is 23.0. The average molecular weight is 372 g/mol. The first-order valence-corrected chi connectivity index (χ1v) is 10.4. The van der Waals surface area contributed by atoms with Crippen LogP contribution in [-0.2, 0) is 16.1 Å². The Kier molecular flexibility index (Phi) is 6.89. The van der Waals surface area contributed by atoms with Gasteiger partial charge in [0.1, 0.15) is 6.04 Å². The molecule has 2 aliphatic rings. The Hall–Kier alpha value is -1.88. The van der Waals surface area contributed by atoms with Gasteiger partial charge in [0.25, 0.3) is 0 Å². The van der Waals surface area contributed by atoms with E-state index in [1.54, 1.807) is 0 Å². The molecule has 1 aromatic carbocycles. The number of benzene rings is 1. The van der Waals surface area contributed by atoms with Crippen LogP contribution in [0.25, 0.3) is 0 Å². The monoisotopic (exact) mass is 371 g/mol. The van der Waals surface area contributed by atoms with Crippen molar-refractivity contribution in [2.24, 2.45) is 5.92 Å². The lowest BCUT2D eigenvalue weighted by Crippen LogP contribution is -2.47. The Morgan fingerprint density at radius 1 is 1.15 bits per heavy atom. The molecule has 0 saturated carbocycles. The van der Waals surface area contributed by atoms with Gasteiger partial charge in [-0.15, -0.1) is 0 Å². The fraction of sp³-hybridized carbons (Fsp3) is 0.636. The number of likely N-dealkylation sites (tertiary alicyclic amines) is 2. The van der Waals surface area contributed by atoms with Crippen molar-refractivity contribution in [2.45, 2.75) is 51.6 Å². The smallest absolute Gasteiger partial charge is 0.245 e. The van der Waals surface area contributed by atoms with E-state index in [2.05, 4.69) is 35.2 Å². The summed E-state index contributed by atoms with van der Waals surface area (Å²) >= 11 is 0. The highest BCUT2D eigenvalue weighted by Crippen LogP contribution is 2.23. The van der Waals surface area contributed by atoms with Gasteiger partial charge in [-0.05, 0) is 43.7 Å². The molecule has 2 amide bonds. The molecule has 0 aliphatic carbocycles. The summed E-state index contributed by atoms with van der Waals surface area (Å²) in [7, 11) is 1.91. The molecule has 148 valence electrons. The zero-order chi connectivity index (χ0) is 19.2. The predicted octanol–water partition coefficient (Wildman–Crippen LogP) is 2.76. The summed E-state index contributed by atoms with van der Waals surface area (Å²) in [6.45, 7) is 6.64. The predicted molar refractivity (Wildman–Crippen MR) is 107 cm³/mol. The molecule has 27 heavy (non-hydrogen) atoms. The molecule has 1 aromatic rings. The molecule has 2 heterocycles. The van der Waals surface area contributed by atoms with Crippen LogP contribution in [0.15, 0.2) is 30.3 Å². The highest BCUT2D eigenvalue weighted by Gasteiger charge is 2.36. The van der Waals surface area contributed by atoms with Crippen LogP contribution >= 0.6 is 0 Å². The van der Waals surface area contributed by atoms with E-state index in [9.17, 15) is 9.59 Å². The second-order valence-corrected chi connectivity index (χ2v) is 8.09. The summed E-state index contributed by atoms with van der Waals surface area (Å²) in [5.41, 5.74) is 1.35. The van der Waals surface area contributed by atoms with Gasteiger partial charge in [-0.2, -0.15) is 0 Å². The molecule has 0 aromatic heterocycles. The lowest BCUT2D eigenvalue weighted by molar-refractivity contribution is -0.143. The highest BCUT2D eigenvalue weighted by atomic mass is 16.2. The SMILES string of the molecule is CCCC(=O)N1CCCC1C(=O)N(C)CC1CCN(Cc2ccccc2)C1. The molecule has 0 bridgehead atoms. The zero-order valence-corrected chi connectivity index (χ0v) is 16.8. The van der Waals surface area contributed by atoms with E-state index in [0.717, 1.165) is 58.4 Å². The van der Waals surface area contributed by atoms with Crippen molar-refractivity contribution in [3.63, 3.8) is 0 Å². The van der Waals surface area contributed by atoms with E-state index in [4.69, 9.17) is 0 Å². The molecule has 2 atom stereocenters. The van der Waals surface area contributed by atoms with Crippen LogP contribution in [0.2, 0.25) is 0 Å². The molecule has 0 spiro atoms. The Morgan fingerprint density at radius 3 is 2.67 bits per heavy atom. The number of nitrogens with zero attached hydrogens (tertiary/aromatic N) is 3. The van der Waals surface area contributed by atoms with E-state index >= 15 is 0 Å². The standard InChI is InChI=1S/C22H33N3O2/c1-3-8-21(26)25-13-7-11-20(25)22(27)23(2)15-19-12-14-24(17-19)16-18-9-5-4-6-10-18/h4-6,9-10,19-20H,3,7-8,11-17H2,1-2H3. The van der Waals surface area contributed by atoms with Crippen molar-refractivity contribution in [3.8, 4) is 0 Å². The molecule has 2 fully saturated rings. The van der Waals surface area contributed by atoms with Crippen LogP contribution in [0, 0.1) is 5.92 Å². The third-order valence-electron chi connectivity index (χ3n) is 5.85. The van der Waals surface area contributed by atoms with E-state index in [0.29, 0.717) is 12.3 Å². The average Bonchev–Trinajstić information content (AvgIpc) is 3.32. The summed E-state index contributed by atoms with van der Waals surface area (Å²) in [5.74, 6) is 0.777. The van der Waals surface area contributed by atoms with Gasteiger partial charge in [0.2, 0.25) is 11.8 Å². The van der Waals surface area contributed by atoms with Crippen LogP contribution in [0.4, 0.5) is 0 Å². The van der Waals surface area contributed by atoms with Crippen LogP contribution in [0.1, 0.15) is 44.6 Å². The molecule has 2 unspecified atom stereocenters. The van der Waals surface area contributed by atoms with E-state index in [-0.39, 0.29) is 17.9 Å². The van der Waals surface area contributed by atoms with Crippen LogP contribution in [0.5, 0.6) is 0 Å². The van der Waals surface area contributed by atoms with Crippen LogP contribution in [-0.4, -0.2) is 65.8 Å². The minimum atomic E-state index is -0.240. The topological polar surface area (TPSA) is 43.9 Å². The van der Waals surface area contributed by atoms with Gasteiger partial charge < -0.3 is 9.80 Å². The van der Waals surface area contributed by atoms with Crippen molar-refractivity contribution in [1.82, 2.24) is 14.7 Å². The molecule has 2 aliphatic heterocycles. The molecule has 5 nitrogen and oxygen atoms in total. The largest absolute Gasteiger partial charge is 0.344 e. The van der Waals surface area contributed by atoms with Gasteiger partial charge in [0.05, 0.1) is 0 Å². The second-order valence-electron chi connectivity index (χ2n) is 8.09. The number of amides is 2. The third-order valence-corrected chi connectivity index (χ3v) is 5.85. The molecule has 0 N–H and O–H groups in total. The lowest BCUT2D eigenvalue weighted by atomic mass is 10.1. The molecular weight excluding hydrogens is 338 g/mol. The van der Waals surface area contributed by atoms with E-state index in [1.165, 1.54) is 5.56 Å². The molecule has 5 heteroatoms. The van der Waals surface area contributed by atoms with Gasteiger partial charge in [0, 0.05) is 39.6 Å². The minimum absolute atomic E-state index is 0.124. The zero-order valence-electron chi connectivity index (χ0n) is 16.8. The Balaban J connectivity index is 1.49. The summed E-state index contributed by atoms with van der Waals surface area (Å²) in [4.78, 5) is 31.4. The lowest BCUT2D eigenvalue weighted by Gasteiger charge is -2.29. The van der Waals surface area contributed by atoms with Crippen molar-refractivity contribution in [3.05, 3.63) is 35.9 Å². The number of carbonyl (C=O) groups is 2. The van der Waals surface area contributed by atoms with E-state index in [1.807, 2.05) is 23.8 Å². The van der Waals surface area contributed by atoms with Gasteiger partial charge in [-0.1, -0.05) is 37.3 Å². The molecule has 2 saturated heterocycles. The quantitative estimate of drug-likeness (QED) is 0.740. The summed E-state index contributed by atoms with van der Waals surface area (Å²) < 4.78 is 0. The molecule has 0 radical (unpaired) electrons. The first-order chi connectivity index (χ1) is 13.1. The van der Waals surface area contributed by atoms with Gasteiger partial charge in [-0.3, -0.25) is 14.5 Å². The molecular formula is C22H33N3O2. The van der Waals surface area contributed by atoms with Crippen molar-refractivity contribution < 1.29 is 9.59 Å².